The zero-order chi connectivity index (χ0) is 13.7. The van der Waals surface area contributed by atoms with Crippen molar-refractivity contribution in [3.05, 3.63) is 29.3 Å². The molecular weight excluding hydrogens is 236 g/mol. The quantitative estimate of drug-likeness (QED) is 0.751. The molecule has 102 valence electrons. The van der Waals surface area contributed by atoms with Gasteiger partial charge in [0.05, 0.1) is 5.41 Å². The van der Waals surface area contributed by atoms with Crippen molar-refractivity contribution in [2.75, 3.05) is 18.4 Å². The standard InChI is InChI=1S/C16H22N2O/c1-15(2,3)11-6-4-7-12-13(11)16(14(19)18-12)8-5-9-17-10-16/h4,6-7,17H,5,8-10H2,1-3H3,(H,18,19). The van der Waals surface area contributed by atoms with E-state index in [1.165, 1.54) is 11.1 Å². The molecule has 3 rings (SSSR count). The fraction of sp³-hybridized carbons (Fsp3) is 0.562. The van der Waals surface area contributed by atoms with Crippen molar-refractivity contribution in [2.24, 2.45) is 0 Å². The lowest BCUT2D eigenvalue weighted by Gasteiger charge is -2.35. The van der Waals surface area contributed by atoms with Gasteiger partial charge in [0.2, 0.25) is 5.91 Å². The third kappa shape index (κ3) is 1.79. The van der Waals surface area contributed by atoms with Crippen molar-refractivity contribution in [2.45, 2.75) is 44.4 Å². The van der Waals surface area contributed by atoms with Gasteiger partial charge in [0.15, 0.2) is 0 Å². The number of nitrogens with one attached hydrogen (secondary N) is 2. The van der Waals surface area contributed by atoms with Crippen molar-refractivity contribution >= 4 is 11.6 Å². The second kappa shape index (κ2) is 4.07. The number of anilines is 1. The van der Waals surface area contributed by atoms with E-state index in [1.807, 2.05) is 6.07 Å². The first-order valence-electron chi connectivity index (χ1n) is 7.11. The van der Waals surface area contributed by atoms with E-state index in [0.29, 0.717) is 0 Å². The summed E-state index contributed by atoms with van der Waals surface area (Å²) in [5.74, 6) is 0.173. The van der Waals surface area contributed by atoms with Crippen LogP contribution in [0.25, 0.3) is 0 Å². The second-order valence-electron chi connectivity index (χ2n) is 6.79. The van der Waals surface area contributed by atoms with Crippen molar-refractivity contribution in [1.82, 2.24) is 5.32 Å². The fourth-order valence-corrected chi connectivity index (χ4v) is 3.47. The number of fused-ring (bicyclic) bond motifs is 2. The lowest BCUT2D eigenvalue weighted by Crippen LogP contribution is -2.48. The molecule has 1 aromatic rings. The van der Waals surface area contributed by atoms with Gasteiger partial charge in [-0.2, -0.15) is 0 Å². The Kier molecular flexibility index (Phi) is 2.72. The van der Waals surface area contributed by atoms with Gasteiger partial charge in [0.1, 0.15) is 0 Å². The smallest absolute Gasteiger partial charge is 0.236 e. The van der Waals surface area contributed by atoms with Crippen LogP contribution in [0.5, 0.6) is 0 Å². The number of rotatable bonds is 0. The number of carbonyl (C=O) groups is 1. The molecule has 2 aliphatic heterocycles. The summed E-state index contributed by atoms with van der Waals surface area (Å²) in [4.78, 5) is 12.5. The van der Waals surface area contributed by atoms with E-state index in [2.05, 4.69) is 43.5 Å². The van der Waals surface area contributed by atoms with Crippen LogP contribution in [-0.2, 0) is 15.6 Å². The Balaban J connectivity index is 2.21. The number of hydrogen-bond donors (Lipinski definition) is 2. The molecule has 19 heavy (non-hydrogen) atoms. The van der Waals surface area contributed by atoms with Crippen LogP contribution >= 0.6 is 0 Å². The van der Waals surface area contributed by atoms with E-state index in [9.17, 15) is 4.79 Å². The molecule has 2 N–H and O–H groups in total. The molecule has 2 heterocycles. The number of piperidine rings is 1. The lowest BCUT2D eigenvalue weighted by molar-refractivity contribution is -0.121. The van der Waals surface area contributed by atoms with Crippen LogP contribution in [0.15, 0.2) is 18.2 Å². The third-order valence-corrected chi connectivity index (χ3v) is 4.42. The summed E-state index contributed by atoms with van der Waals surface area (Å²) < 4.78 is 0. The van der Waals surface area contributed by atoms with Gasteiger partial charge < -0.3 is 10.6 Å². The molecule has 2 aliphatic rings. The molecule has 0 radical (unpaired) electrons. The van der Waals surface area contributed by atoms with Crippen LogP contribution in [0.1, 0.15) is 44.7 Å². The van der Waals surface area contributed by atoms with Gasteiger partial charge >= 0.3 is 0 Å². The summed E-state index contributed by atoms with van der Waals surface area (Å²) >= 11 is 0. The summed E-state index contributed by atoms with van der Waals surface area (Å²) in [6.45, 7) is 8.43. The average molecular weight is 258 g/mol. The van der Waals surface area contributed by atoms with Crippen molar-refractivity contribution in [3.8, 4) is 0 Å². The monoisotopic (exact) mass is 258 g/mol. The van der Waals surface area contributed by atoms with Crippen LogP contribution in [0.3, 0.4) is 0 Å². The largest absolute Gasteiger partial charge is 0.325 e. The summed E-state index contributed by atoms with van der Waals surface area (Å²) in [5.41, 5.74) is 3.26. The molecule has 1 amide bonds. The Morgan fingerprint density at radius 1 is 1.26 bits per heavy atom. The summed E-state index contributed by atoms with van der Waals surface area (Å²) in [6, 6.07) is 6.26. The normalized spacial score (nSPS) is 26.4. The third-order valence-electron chi connectivity index (χ3n) is 4.42. The molecule has 0 saturated carbocycles. The molecule has 0 aliphatic carbocycles. The van der Waals surface area contributed by atoms with Gasteiger partial charge in [-0.05, 0) is 42.0 Å². The topological polar surface area (TPSA) is 41.1 Å². The molecule has 1 spiro atoms. The Morgan fingerprint density at radius 2 is 2.05 bits per heavy atom. The van der Waals surface area contributed by atoms with E-state index in [1.54, 1.807) is 0 Å². The predicted octanol–water partition coefficient (Wildman–Crippen LogP) is 2.56. The van der Waals surface area contributed by atoms with Gasteiger partial charge in [0, 0.05) is 12.2 Å². The first kappa shape index (κ1) is 12.7. The molecule has 1 aromatic carbocycles. The molecule has 3 heteroatoms. The van der Waals surface area contributed by atoms with Crippen molar-refractivity contribution in [1.29, 1.82) is 0 Å². The van der Waals surface area contributed by atoms with E-state index < -0.39 is 0 Å². The molecule has 1 saturated heterocycles. The Bertz CT molecular complexity index is 522. The first-order chi connectivity index (χ1) is 8.95. The van der Waals surface area contributed by atoms with Gasteiger partial charge in [-0.15, -0.1) is 0 Å². The van der Waals surface area contributed by atoms with Crippen LogP contribution < -0.4 is 10.6 Å². The van der Waals surface area contributed by atoms with Gasteiger partial charge in [-0.1, -0.05) is 32.9 Å². The maximum Gasteiger partial charge on any atom is 0.236 e. The van der Waals surface area contributed by atoms with E-state index in [4.69, 9.17) is 0 Å². The molecule has 0 bridgehead atoms. The highest BCUT2D eigenvalue weighted by atomic mass is 16.2. The van der Waals surface area contributed by atoms with E-state index in [0.717, 1.165) is 31.6 Å². The maximum absolute atomic E-state index is 12.5. The zero-order valence-corrected chi connectivity index (χ0v) is 12.0. The fourth-order valence-electron chi connectivity index (χ4n) is 3.47. The minimum atomic E-state index is -0.350. The van der Waals surface area contributed by atoms with Crippen LogP contribution in [0.4, 0.5) is 5.69 Å². The average Bonchev–Trinajstić information content (AvgIpc) is 2.63. The van der Waals surface area contributed by atoms with Crippen molar-refractivity contribution < 1.29 is 4.79 Å². The SMILES string of the molecule is CC(C)(C)c1cccc2c1C1(CCCNC1)C(=O)N2. The highest BCUT2D eigenvalue weighted by Crippen LogP contribution is 2.46. The zero-order valence-electron chi connectivity index (χ0n) is 12.0. The van der Waals surface area contributed by atoms with Crippen molar-refractivity contribution in [3.63, 3.8) is 0 Å². The number of carbonyl (C=O) groups excluding carboxylic acids is 1. The minimum absolute atomic E-state index is 0.0576. The summed E-state index contributed by atoms with van der Waals surface area (Å²) in [7, 11) is 0. The van der Waals surface area contributed by atoms with Crippen LogP contribution in [0.2, 0.25) is 0 Å². The molecule has 0 aromatic heterocycles. The Morgan fingerprint density at radius 3 is 2.68 bits per heavy atom. The molecule has 1 atom stereocenters. The highest BCUT2D eigenvalue weighted by molar-refractivity contribution is 6.07. The summed E-state index contributed by atoms with van der Waals surface area (Å²) in [5, 5.41) is 6.50. The molecule has 1 unspecified atom stereocenters. The Labute approximate surface area is 114 Å². The van der Waals surface area contributed by atoms with Crippen LogP contribution in [0, 0.1) is 0 Å². The lowest BCUT2D eigenvalue weighted by atomic mass is 9.70. The highest BCUT2D eigenvalue weighted by Gasteiger charge is 2.49. The predicted molar refractivity (Wildman–Crippen MR) is 77.6 cm³/mol. The molecule has 1 fully saturated rings. The Hall–Kier alpha value is -1.35. The number of amides is 1. The van der Waals surface area contributed by atoms with Crippen LogP contribution in [-0.4, -0.2) is 19.0 Å². The second-order valence-corrected chi connectivity index (χ2v) is 6.79. The number of hydrogen-bond acceptors (Lipinski definition) is 2. The maximum atomic E-state index is 12.5. The van der Waals surface area contributed by atoms with E-state index >= 15 is 0 Å². The van der Waals surface area contributed by atoms with Gasteiger partial charge in [0.25, 0.3) is 0 Å². The first-order valence-corrected chi connectivity index (χ1v) is 7.11. The van der Waals surface area contributed by atoms with E-state index in [-0.39, 0.29) is 16.7 Å². The van der Waals surface area contributed by atoms with Gasteiger partial charge in [-0.25, -0.2) is 0 Å². The molecule has 3 nitrogen and oxygen atoms in total. The minimum Gasteiger partial charge on any atom is -0.325 e. The molecular formula is C16H22N2O. The van der Waals surface area contributed by atoms with Gasteiger partial charge in [-0.3, -0.25) is 4.79 Å². The number of benzene rings is 1. The summed E-state index contributed by atoms with van der Waals surface area (Å²) in [6.07, 6.45) is 2.01.